The fourth-order valence-corrected chi connectivity index (χ4v) is 7.19. The van der Waals surface area contributed by atoms with E-state index in [4.69, 9.17) is 24.8 Å². The molecule has 0 aromatic carbocycles. The van der Waals surface area contributed by atoms with E-state index in [0.29, 0.717) is 12.8 Å². The van der Waals surface area contributed by atoms with Gasteiger partial charge in [-0.3, -0.25) is 23.4 Å². The second kappa shape index (κ2) is 40.0. The highest BCUT2D eigenvalue weighted by Crippen LogP contribution is 2.43. The molecule has 0 aliphatic rings. The normalized spacial score (nSPS) is 13.8. The number of hydrogen-bond acceptors (Lipinski definition) is 9. The molecule has 0 saturated carbocycles. The summed E-state index contributed by atoms with van der Waals surface area (Å²) >= 11 is 0. The number of aliphatic carboxylic acids is 1. The largest absolute Gasteiger partial charge is 0.480 e. The van der Waals surface area contributed by atoms with Gasteiger partial charge < -0.3 is 25.2 Å². The van der Waals surface area contributed by atoms with Crippen molar-refractivity contribution >= 4 is 25.7 Å². The van der Waals surface area contributed by atoms with Crippen LogP contribution in [0.5, 0.6) is 0 Å². The summed E-state index contributed by atoms with van der Waals surface area (Å²) in [5.74, 6) is -2.37. The van der Waals surface area contributed by atoms with E-state index in [0.717, 1.165) is 44.9 Å². The molecule has 0 aliphatic heterocycles. The Kier molecular flexibility index (Phi) is 38.7. The van der Waals surface area contributed by atoms with E-state index in [1.807, 2.05) is 0 Å². The molecule has 1 unspecified atom stereocenters. The molecular formula is C44H84NO10P. The number of carbonyl (C=O) groups excluding carboxylic acids is 2. The first-order valence-electron chi connectivity index (χ1n) is 22.7. The number of carbonyl (C=O) groups is 3. The number of rotatable bonds is 43. The summed E-state index contributed by atoms with van der Waals surface area (Å²) in [5, 5.41) is 8.89. The Bertz CT molecular complexity index is 1010. The minimum atomic E-state index is -4.71. The highest BCUT2D eigenvalue weighted by Gasteiger charge is 2.28. The molecule has 4 N–H and O–H groups in total. The number of carboxylic acid groups (broad SMARTS) is 1. The third-order valence-electron chi connectivity index (χ3n) is 10.0. The molecule has 330 valence electrons. The van der Waals surface area contributed by atoms with E-state index in [-0.39, 0.29) is 19.4 Å². The average Bonchev–Trinajstić information content (AvgIpc) is 3.17. The molecule has 0 radical (unpaired) electrons. The number of esters is 2. The summed E-state index contributed by atoms with van der Waals surface area (Å²) in [5.41, 5.74) is 5.34. The van der Waals surface area contributed by atoms with E-state index in [9.17, 15) is 23.8 Å². The molecule has 0 aromatic rings. The van der Waals surface area contributed by atoms with Crippen LogP contribution < -0.4 is 5.73 Å². The van der Waals surface area contributed by atoms with Crippen LogP contribution in [-0.2, 0) is 37.5 Å². The van der Waals surface area contributed by atoms with Gasteiger partial charge >= 0.3 is 25.7 Å². The lowest BCUT2D eigenvalue weighted by Gasteiger charge is -2.20. The lowest BCUT2D eigenvalue weighted by atomic mass is 10.0. The molecule has 0 heterocycles. The molecular weight excluding hydrogens is 733 g/mol. The zero-order chi connectivity index (χ0) is 41.4. The number of phosphoric acid groups is 1. The fourth-order valence-electron chi connectivity index (χ4n) is 6.41. The number of nitrogens with two attached hydrogens (primary N) is 1. The first-order chi connectivity index (χ1) is 27.1. The molecule has 56 heavy (non-hydrogen) atoms. The standard InChI is InChI=1S/C44H84NO10P/c1-3-5-7-9-11-13-15-17-19-20-22-23-25-27-29-31-33-35-42(46)52-37-40(38-53-56(50,51)54-39-41(45)44(48)49)55-43(47)36-34-32-30-28-26-24-21-18-16-14-12-10-8-6-4-2/h14,16,40-41H,3-13,15,17-39,45H2,1-2H3,(H,48,49)(H,50,51)/b16-14+/t40-,41+/m1/s1. The monoisotopic (exact) mass is 818 g/mol. The second-order valence-corrected chi connectivity index (χ2v) is 17.0. The molecule has 0 spiro atoms. The van der Waals surface area contributed by atoms with Crippen molar-refractivity contribution < 1.29 is 47.5 Å². The molecule has 0 aliphatic carbocycles. The maximum absolute atomic E-state index is 12.6. The number of ether oxygens (including phenoxy) is 2. The average molecular weight is 818 g/mol. The number of unbranched alkanes of at least 4 members (excludes halogenated alkanes) is 27. The van der Waals surface area contributed by atoms with Crippen LogP contribution in [0, 0.1) is 0 Å². The van der Waals surface area contributed by atoms with E-state index in [1.54, 1.807) is 0 Å². The van der Waals surface area contributed by atoms with Gasteiger partial charge in [0.25, 0.3) is 0 Å². The van der Waals surface area contributed by atoms with Crippen LogP contribution in [0.4, 0.5) is 0 Å². The van der Waals surface area contributed by atoms with Gasteiger partial charge in [-0.2, -0.15) is 0 Å². The summed E-state index contributed by atoms with van der Waals surface area (Å²) in [4.78, 5) is 46.0. The molecule has 3 atom stereocenters. The summed E-state index contributed by atoms with van der Waals surface area (Å²) in [6.45, 7) is 2.81. The summed E-state index contributed by atoms with van der Waals surface area (Å²) in [6, 6.07) is -1.52. The van der Waals surface area contributed by atoms with Crippen LogP contribution in [0.2, 0.25) is 0 Å². The Hall–Kier alpha value is -1.78. The van der Waals surface area contributed by atoms with Crippen molar-refractivity contribution in [3.05, 3.63) is 12.2 Å². The van der Waals surface area contributed by atoms with Crippen LogP contribution in [0.3, 0.4) is 0 Å². The second-order valence-electron chi connectivity index (χ2n) is 15.5. The number of phosphoric ester groups is 1. The molecule has 0 aromatic heterocycles. The highest BCUT2D eigenvalue weighted by molar-refractivity contribution is 7.47. The predicted molar refractivity (Wildman–Crippen MR) is 226 cm³/mol. The Morgan fingerprint density at radius 3 is 1.32 bits per heavy atom. The van der Waals surface area contributed by atoms with Crippen LogP contribution in [0.25, 0.3) is 0 Å². The van der Waals surface area contributed by atoms with Crippen LogP contribution in [-0.4, -0.2) is 59.9 Å². The Morgan fingerprint density at radius 2 is 0.893 bits per heavy atom. The zero-order valence-electron chi connectivity index (χ0n) is 35.7. The quantitative estimate of drug-likeness (QED) is 0.0231. The summed E-state index contributed by atoms with van der Waals surface area (Å²) in [7, 11) is -4.71. The molecule has 0 saturated heterocycles. The first-order valence-corrected chi connectivity index (χ1v) is 24.2. The Labute approximate surface area is 341 Å². The van der Waals surface area contributed by atoms with Gasteiger partial charge in [0, 0.05) is 12.8 Å². The van der Waals surface area contributed by atoms with Crippen molar-refractivity contribution in [2.45, 2.75) is 231 Å². The van der Waals surface area contributed by atoms with Crippen molar-refractivity contribution in [1.29, 1.82) is 0 Å². The van der Waals surface area contributed by atoms with Crippen molar-refractivity contribution in [1.82, 2.24) is 0 Å². The molecule has 11 nitrogen and oxygen atoms in total. The van der Waals surface area contributed by atoms with Gasteiger partial charge in [-0.25, -0.2) is 4.57 Å². The molecule has 0 amide bonds. The van der Waals surface area contributed by atoms with Crippen molar-refractivity contribution in [2.24, 2.45) is 5.73 Å². The Morgan fingerprint density at radius 1 is 0.536 bits per heavy atom. The lowest BCUT2D eigenvalue weighted by Crippen LogP contribution is -2.34. The summed E-state index contributed by atoms with van der Waals surface area (Å²) < 4.78 is 32.7. The number of allylic oxidation sites excluding steroid dienone is 2. The SMILES string of the molecule is CCCCCC/C=C/CCCCCCCCCC(=O)O[C@H](COC(=O)CCCCCCCCCCCCCCCCCCC)COP(=O)(O)OC[C@H](N)C(=O)O. The molecule has 0 rings (SSSR count). The predicted octanol–water partition coefficient (Wildman–Crippen LogP) is 12.1. The minimum Gasteiger partial charge on any atom is -0.480 e. The van der Waals surface area contributed by atoms with E-state index < -0.39 is 51.1 Å². The van der Waals surface area contributed by atoms with Gasteiger partial charge in [0.1, 0.15) is 12.6 Å². The van der Waals surface area contributed by atoms with Gasteiger partial charge in [-0.1, -0.05) is 180 Å². The zero-order valence-corrected chi connectivity index (χ0v) is 36.6. The van der Waals surface area contributed by atoms with E-state index >= 15 is 0 Å². The van der Waals surface area contributed by atoms with Gasteiger partial charge in [-0.15, -0.1) is 0 Å². The summed E-state index contributed by atoms with van der Waals surface area (Å²) in [6.07, 6.45) is 39.8. The Balaban J connectivity index is 4.30. The van der Waals surface area contributed by atoms with Gasteiger partial charge in [0.2, 0.25) is 0 Å². The number of carboxylic acids is 1. The highest BCUT2D eigenvalue weighted by atomic mass is 31.2. The smallest absolute Gasteiger partial charge is 0.472 e. The molecule has 12 heteroatoms. The lowest BCUT2D eigenvalue weighted by molar-refractivity contribution is -0.161. The van der Waals surface area contributed by atoms with Gasteiger partial charge in [-0.05, 0) is 38.5 Å². The number of hydrogen-bond donors (Lipinski definition) is 3. The maximum Gasteiger partial charge on any atom is 0.472 e. The van der Waals surface area contributed by atoms with Gasteiger partial charge in [0.05, 0.1) is 13.2 Å². The van der Waals surface area contributed by atoms with Crippen LogP contribution >= 0.6 is 7.82 Å². The topological polar surface area (TPSA) is 172 Å². The van der Waals surface area contributed by atoms with Crippen LogP contribution in [0.1, 0.15) is 219 Å². The maximum atomic E-state index is 12.6. The fraction of sp³-hybridized carbons (Fsp3) is 0.886. The third kappa shape index (κ3) is 39.1. The van der Waals surface area contributed by atoms with E-state index in [2.05, 4.69) is 30.5 Å². The van der Waals surface area contributed by atoms with Crippen molar-refractivity contribution in [3.63, 3.8) is 0 Å². The minimum absolute atomic E-state index is 0.160. The van der Waals surface area contributed by atoms with Crippen molar-refractivity contribution in [3.8, 4) is 0 Å². The molecule has 0 bridgehead atoms. The van der Waals surface area contributed by atoms with Crippen LogP contribution in [0.15, 0.2) is 12.2 Å². The third-order valence-corrected chi connectivity index (χ3v) is 11.0. The van der Waals surface area contributed by atoms with E-state index in [1.165, 1.54) is 135 Å². The first kappa shape index (κ1) is 54.2. The van der Waals surface area contributed by atoms with Gasteiger partial charge in [0.15, 0.2) is 6.10 Å². The van der Waals surface area contributed by atoms with Crippen molar-refractivity contribution in [2.75, 3.05) is 19.8 Å². The molecule has 0 fully saturated rings.